The number of nitrogens with zero attached hydrogens (tertiary/aromatic N) is 5. The molecule has 3 fully saturated rings. The average molecular weight is 653 g/mol. The minimum atomic E-state index is -0.908. The van der Waals surface area contributed by atoms with Crippen molar-refractivity contribution in [1.29, 1.82) is 0 Å². The van der Waals surface area contributed by atoms with Crippen LogP contribution in [0.4, 0.5) is 4.79 Å². The zero-order valence-electron chi connectivity index (χ0n) is 26.7. The number of phenolic OH excluding ortho intramolecular Hbond substituents is 1. The SMILES string of the molecule is C=CCN1CC(=O)N2C(Cc3ccc(O)cc3)C(=O)N(Cc3cccc(C(=O)N4CCOCC4)c3)C[C@@H]2N1C(=O)NCc1ccccc1. The number of phenols is 1. The molecule has 250 valence electrons. The highest BCUT2D eigenvalue weighted by atomic mass is 16.5. The number of urea groups is 1. The van der Waals surface area contributed by atoms with Crippen molar-refractivity contribution in [3.05, 3.63) is 114 Å². The lowest BCUT2D eigenvalue weighted by atomic mass is 9.98. The van der Waals surface area contributed by atoms with Crippen LogP contribution < -0.4 is 5.32 Å². The van der Waals surface area contributed by atoms with Crippen molar-refractivity contribution in [1.82, 2.24) is 30.0 Å². The summed E-state index contributed by atoms with van der Waals surface area (Å²) in [6, 6.07) is 22.0. The van der Waals surface area contributed by atoms with E-state index < -0.39 is 18.2 Å². The van der Waals surface area contributed by atoms with Gasteiger partial charge in [-0.1, -0.05) is 60.7 Å². The first kappa shape index (κ1) is 32.7. The number of hydrazine groups is 1. The molecule has 0 spiro atoms. The van der Waals surface area contributed by atoms with E-state index in [1.54, 1.807) is 63.3 Å². The summed E-state index contributed by atoms with van der Waals surface area (Å²) in [5.74, 6) is -0.543. The highest BCUT2D eigenvalue weighted by Gasteiger charge is 2.51. The van der Waals surface area contributed by atoms with Gasteiger partial charge in [-0.15, -0.1) is 6.58 Å². The molecule has 0 aliphatic carbocycles. The van der Waals surface area contributed by atoms with Gasteiger partial charge in [0.2, 0.25) is 11.8 Å². The number of nitrogens with one attached hydrogen (secondary N) is 1. The van der Waals surface area contributed by atoms with Gasteiger partial charge in [0.05, 0.1) is 26.3 Å². The van der Waals surface area contributed by atoms with Gasteiger partial charge >= 0.3 is 6.03 Å². The molecule has 3 saturated heterocycles. The maximum atomic E-state index is 14.3. The quantitative estimate of drug-likeness (QED) is 0.341. The molecule has 0 aromatic heterocycles. The van der Waals surface area contributed by atoms with Crippen molar-refractivity contribution >= 4 is 23.8 Å². The summed E-state index contributed by atoms with van der Waals surface area (Å²) in [6.07, 6.45) is 1.02. The Kier molecular flexibility index (Phi) is 10.0. The number of ether oxygens (including phenoxy) is 1. The molecule has 0 radical (unpaired) electrons. The number of hydrogen-bond donors (Lipinski definition) is 2. The van der Waals surface area contributed by atoms with Gasteiger partial charge in [0.1, 0.15) is 18.0 Å². The topological polar surface area (TPSA) is 126 Å². The largest absolute Gasteiger partial charge is 0.508 e. The molecule has 2 N–H and O–H groups in total. The van der Waals surface area contributed by atoms with Crippen LogP contribution in [0.25, 0.3) is 0 Å². The van der Waals surface area contributed by atoms with E-state index in [0.29, 0.717) is 31.9 Å². The zero-order valence-corrected chi connectivity index (χ0v) is 26.7. The summed E-state index contributed by atoms with van der Waals surface area (Å²) in [7, 11) is 0. The molecule has 3 aromatic carbocycles. The summed E-state index contributed by atoms with van der Waals surface area (Å²) in [6.45, 7) is 6.51. The molecule has 12 heteroatoms. The number of amides is 5. The van der Waals surface area contributed by atoms with Crippen molar-refractivity contribution in [3.63, 3.8) is 0 Å². The minimum Gasteiger partial charge on any atom is -0.508 e. The number of fused-ring (bicyclic) bond motifs is 1. The highest BCUT2D eigenvalue weighted by molar-refractivity contribution is 5.95. The van der Waals surface area contributed by atoms with Gasteiger partial charge in [0, 0.05) is 44.7 Å². The van der Waals surface area contributed by atoms with Crippen LogP contribution >= 0.6 is 0 Å². The van der Waals surface area contributed by atoms with Crippen LogP contribution in [-0.4, -0.2) is 112 Å². The third-order valence-corrected chi connectivity index (χ3v) is 8.88. The van der Waals surface area contributed by atoms with Gasteiger partial charge < -0.3 is 29.9 Å². The van der Waals surface area contributed by atoms with Gasteiger partial charge in [0.15, 0.2) is 0 Å². The molecule has 12 nitrogen and oxygen atoms in total. The Morgan fingerprint density at radius 2 is 1.67 bits per heavy atom. The van der Waals surface area contributed by atoms with Crippen LogP contribution in [0.1, 0.15) is 27.0 Å². The van der Waals surface area contributed by atoms with Gasteiger partial charge in [-0.2, -0.15) is 0 Å². The number of morpholine rings is 1. The van der Waals surface area contributed by atoms with E-state index in [0.717, 1.165) is 16.7 Å². The lowest BCUT2D eigenvalue weighted by Crippen LogP contribution is -2.76. The van der Waals surface area contributed by atoms with Crippen LogP contribution in [0, 0.1) is 0 Å². The predicted octanol–water partition coefficient (Wildman–Crippen LogP) is 2.60. The van der Waals surface area contributed by atoms with Crippen LogP contribution in [0.5, 0.6) is 5.75 Å². The van der Waals surface area contributed by atoms with Crippen LogP contribution in [-0.2, 0) is 33.8 Å². The standard InChI is InChI=1S/C36H40N6O6/c1-2-15-40-25-33(44)41-31(21-26-11-13-30(43)14-12-26)35(46)39(24-32(41)42(40)36(47)37-22-27-7-4-3-5-8-27)23-28-9-6-10-29(20-28)34(45)38-16-18-48-19-17-38/h2-14,20,31-32,43H,1,15-19,21-25H2,(H,37,47)/t31?,32-/m0/s1. The first-order valence-corrected chi connectivity index (χ1v) is 16.1. The van der Waals surface area contributed by atoms with Crippen molar-refractivity contribution < 1.29 is 29.0 Å². The van der Waals surface area contributed by atoms with E-state index in [-0.39, 0.29) is 62.6 Å². The Morgan fingerprint density at radius 3 is 2.40 bits per heavy atom. The van der Waals surface area contributed by atoms with E-state index in [2.05, 4.69) is 11.9 Å². The second-order valence-corrected chi connectivity index (χ2v) is 12.1. The number of benzene rings is 3. The second-order valence-electron chi connectivity index (χ2n) is 12.1. The van der Waals surface area contributed by atoms with Crippen LogP contribution in [0.2, 0.25) is 0 Å². The van der Waals surface area contributed by atoms with E-state index in [1.165, 1.54) is 9.91 Å². The first-order chi connectivity index (χ1) is 23.3. The normalized spacial score (nSPS) is 20.0. The molecule has 1 unspecified atom stereocenters. The lowest BCUT2D eigenvalue weighted by Gasteiger charge is -2.55. The van der Waals surface area contributed by atoms with E-state index in [4.69, 9.17) is 4.74 Å². The summed E-state index contributed by atoms with van der Waals surface area (Å²) < 4.78 is 5.40. The number of piperazine rings is 1. The van der Waals surface area contributed by atoms with E-state index in [1.807, 2.05) is 36.4 Å². The Balaban J connectivity index is 1.31. The predicted molar refractivity (Wildman–Crippen MR) is 177 cm³/mol. The summed E-state index contributed by atoms with van der Waals surface area (Å²) in [5, 5.41) is 16.1. The van der Waals surface area contributed by atoms with E-state index in [9.17, 15) is 24.3 Å². The molecule has 5 amide bonds. The first-order valence-electron chi connectivity index (χ1n) is 16.1. The third kappa shape index (κ3) is 7.19. The van der Waals surface area contributed by atoms with Crippen LogP contribution in [0.15, 0.2) is 91.5 Å². The molecule has 3 aliphatic heterocycles. The van der Waals surface area contributed by atoms with Gasteiger partial charge in [0.25, 0.3) is 5.91 Å². The molecule has 2 atom stereocenters. The summed E-state index contributed by atoms with van der Waals surface area (Å²) in [5.41, 5.74) is 2.95. The lowest BCUT2D eigenvalue weighted by molar-refractivity contribution is -0.189. The molecule has 3 aliphatic rings. The number of carbonyl (C=O) groups is 4. The second kappa shape index (κ2) is 14.7. The highest BCUT2D eigenvalue weighted by Crippen LogP contribution is 2.30. The number of rotatable bonds is 9. The molecule has 3 heterocycles. The van der Waals surface area contributed by atoms with Crippen molar-refractivity contribution in [2.75, 3.05) is 45.9 Å². The third-order valence-electron chi connectivity index (χ3n) is 8.88. The smallest absolute Gasteiger partial charge is 0.334 e. The van der Waals surface area contributed by atoms with Crippen molar-refractivity contribution in [2.24, 2.45) is 0 Å². The molecule has 48 heavy (non-hydrogen) atoms. The maximum absolute atomic E-state index is 14.3. The molecular weight excluding hydrogens is 612 g/mol. The summed E-state index contributed by atoms with van der Waals surface area (Å²) in [4.78, 5) is 60.3. The van der Waals surface area contributed by atoms with Crippen molar-refractivity contribution in [3.8, 4) is 5.75 Å². The molecular formula is C36H40N6O6. The van der Waals surface area contributed by atoms with Gasteiger partial charge in [-0.05, 0) is 41.0 Å². The van der Waals surface area contributed by atoms with Gasteiger partial charge in [-0.3, -0.25) is 14.4 Å². The molecule has 0 bridgehead atoms. The fraction of sp³-hybridized carbons (Fsp3) is 0.333. The number of aromatic hydroxyl groups is 1. The maximum Gasteiger partial charge on any atom is 0.334 e. The van der Waals surface area contributed by atoms with Gasteiger partial charge in [-0.25, -0.2) is 14.8 Å². The Hall–Kier alpha value is -5.20. The van der Waals surface area contributed by atoms with Crippen molar-refractivity contribution in [2.45, 2.75) is 31.7 Å². The molecule has 3 aromatic rings. The monoisotopic (exact) mass is 652 g/mol. The molecule has 6 rings (SSSR count). The Labute approximate surface area is 279 Å². The summed E-state index contributed by atoms with van der Waals surface area (Å²) >= 11 is 0. The Bertz CT molecular complexity index is 1640. The molecule has 0 saturated carbocycles. The zero-order chi connectivity index (χ0) is 33.6. The Morgan fingerprint density at radius 1 is 0.938 bits per heavy atom. The van der Waals surface area contributed by atoms with Crippen LogP contribution in [0.3, 0.4) is 0 Å². The van der Waals surface area contributed by atoms with E-state index >= 15 is 0 Å². The average Bonchev–Trinajstić information content (AvgIpc) is 3.10. The fourth-order valence-electron chi connectivity index (χ4n) is 6.53. The minimum absolute atomic E-state index is 0.0602. The number of carbonyl (C=O) groups excluding carboxylic acids is 4. The fourth-order valence-corrected chi connectivity index (χ4v) is 6.53. The number of hydrogen-bond acceptors (Lipinski definition) is 7.